The molecule has 2 aliphatic rings. The summed E-state index contributed by atoms with van der Waals surface area (Å²) in [6.45, 7) is 6.45. The van der Waals surface area contributed by atoms with Crippen molar-refractivity contribution in [2.24, 2.45) is 4.99 Å². The molecule has 0 spiro atoms. The Morgan fingerprint density at radius 1 is 1.15 bits per heavy atom. The number of benzene rings is 1. The Balaban J connectivity index is 0.00000243. The van der Waals surface area contributed by atoms with Crippen molar-refractivity contribution in [3.8, 4) is 11.5 Å². The summed E-state index contributed by atoms with van der Waals surface area (Å²) >= 11 is 0. The van der Waals surface area contributed by atoms with E-state index in [1.54, 1.807) is 0 Å². The zero-order chi connectivity index (χ0) is 17.3. The molecule has 0 radical (unpaired) electrons. The first-order valence-corrected chi connectivity index (χ1v) is 9.01. The van der Waals surface area contributed by atoms with Crippen LogP contribution >= 0.6 is 24.0 Å². The summed E-state index contributed by atoms with van der Waals surface area (Å²) in [6, 6.07) is 6.10. The largest absolute Gasteiger partial charge is 0.454 e. The summed E-state index contributed by atoms with van der Waals surface area (Å²) in [4.78, 5) is 4.66. The summed E-state index contributed by atoms with van der Waals surface area (Å²) in [7, 11) is 0. The summed E-state index contributed by atoms with van der Waals surface area (Å²) < 4.78 is 16.1. The maximum atomic E-state index is 5.42. The predicted molar refractivity (Wildman–Crippen MR) is 114 cm³/mol. The van der Waals surface area contributed by atoms with Gasteiger partial charge in [0.2, 0.25) is 6.79 Å². The molecule has 0 bridgehead atoms. The van der Waals surface area contributed by atoms with Crippen LogP contribution in [0.5, 0.6) is 11.5 Å². The van der Waals surface area contributed by atoms with Gasteiger partial charge in [-0.05, 0) is 43.9 Å². The first-order chi connectivity index (χ1) is 12.3. The summed E-state index contributed by atoms with van der Waals surface area (Å²) in [5.41, 5.74) is 2.67. The highest BCUT2D eigenvalue weighted by atomic mass is 127. The molecule has 0 aliphatic carbocycles. The van der Waals surface area contributed by atoms with Crippen molar-refractivity contribution in [1.82, 2.24) is 10.6 Å². The summed E-state index contributed by atoms with van der Waals surface area (Å²) in [5.74, 6) is 2.53. The molecular weight excluding hydrogens is 445 g/mol. The number of fused-ring (bicyclic) bond motifs is 1. The summed E-state index contributed by atoms with van der Waals surface area (Å²) in [5, 5.41) is 6.70. The monoisotopic (exact) mass is 473 g/mol. The van der Waals surface area contributed by atoms with Gasteiger partial charge in [-0.2, -0.15) is 0 Å². The number of hydrogen-bond donors (Lipinski definition) is 2. The Labute approximate surface area is 172 Å². The zero-order valence-corrected chi connectivity index (χ0v) is 17.6. The molecule has 7 heteroatoms. The van der Waals surface area contributed by atoms with Gasteiger partial charge in [-0.1, -0.05) is 17.7 Å². The van der Waals surface area contributed by atoms with Crippen LogP contribution < -0.4 is 20.1 Å². The van der Waals surface area contributed by atoms with E-state index in [0.29, 0.717) is 6.79 Å². The number of halogens is 1. The number of rotatable bonds is 7. The van der Waals surface area contributed by atoms with Crippen LogP contribution in [0.4, 0.5) is 0 Å². The molecule has 1 aromatic rings. The van der Waals surface area contributed by atoms with Crippen LogP contribution in [0.25, 0.3) is 0 Å². The smallest absolute Gasteiger partial charge is 0.231 e. The normalized spacial score (nSPS) is 15.9. The van der Waals surface area contributed by atoms with Crippen molar-refractivity contribution < 1.29 is 14.2 Å². The molecule has 0 amide bonds. The molecule has 2 N–H and O–H groups in total. The quantitative estimate of drug-likeness (QED) is 0.276. The van der Waals surface area contributed by atoms with Gasteiger partial charge in [0.1, 0.15) is 0 Å². The summed E-state index contributed by atoms with van der Waals surface area (Å²) in [6.07, 6.45) is 5.12. The number of nitrogens with one attached hydrogen (secondary N) is 2. The van der Waals surface area contributed by atoms with Crippen LogP contribution in [0.1, 0.15) is 25.3 Å². The lowest BCUT2D eigenvalue weighted by atomic mass is 10.1. The predicted octanol–water partition coefficient (Wildman–Crippen LogP) is 2.87. The second-order valence-corrected chi connectivity index (χ2v) is 6.06. The SMILES string of the molecule is CCNC(=NCCC1=CCOCC1)NCCc1ccc2c(c1)OCO2.I. The molecule has 0 fully saturated rings. The van der Waals surface area contributed by atoms with Gasteiger partial charge in [0.15, 0.2) is 17.5 Å². The van der Waals surface area contributed by atoms with E-state index in [-0.39, 0.29) is 24.0 Å². The minimum absolute atomic E-state index is 0. The number of aliphatic imine (C=N–C) groups is 1. The third kappa shape index (κ3) is 6.35. The van der Waals surface area contributed by atoms with Gasteiger partial charge in [-0.25, -0.2) is 0 Å². The third-order valence-electron chi connectivity index (χ3n) is 4.25. The van der Waals surface area contributed by atoms with Crippen LogP contribution in [0, 0.1) is 0 Å². The highest BCUT2D eigenvalue weighted by Crippen LogP contribution is 2.32. The van der Waals surface area contributed by atoms with Crippen molar-refractivity contribution in [3.63, 3.8) is 0 Å². The molecule has 144 valence electrons. The van der Waals surface area contributed by atoms with Crippen LogP contribution in [0.3, 0.4) is 0 Å². The van der Waals surface area contributed by atoms with Crippen molar-refractivity contribution in [3.05, 3.63) is 35.4 Å². The van der Waals surface area contributed by atoms with E-state index < -0.39 is 0 Å². The van der Waals surface area contributed by atoms with E-state index in [9.17, 15) is 0 Å². The molecule has 2 aliphatic heterocycles. The fourth-order valence-corrected chi connectivity index (χ4v) is 2.87. The topological polar surface area (TPSA) is 64.1 Å². The minimum atomic E-state index is 0. The third-order valence-corrected chi connectivity index (χ3v) is 4.25. The van der Waals surface area contributed by atoms with E-state index in [1.165, 1.54) is 11.1 Å². The van der Waals surface area contributed by atoms with Crippen molar-refractivity contribution >= 4 is 29.9 Å². The Morgan fingerprint density at radius 3 is 2.85 bits per heavy atom. The molecule has 0 aromatic heterocycles. The fourth-order valence-electron chi connectivity index (χ4n) is 2.87. The number of nitrogens with zero attached hydrogens (tertiary/aromatic N) is 1. The second kappa shape index (κ2) is 11.3. The van der Waals surface area contributed by atoms with Crippen LogP contribution in [0.15, 0.2) is 34.8 Å². The highest BCUT2D eigenvalue weighted by molar-refractivity contribution is 14.0. The van der Waals surface area contributed by atoms with Crippen molar-refractivity contribution in [2.45, 2.75) is 26.2 Å². The van der Waals surface area contributed by atoms with Crippen LogP contribution in [-0.4, -0.2) is 45.6 Å². The van der Waals surface area contributed by atoms with Crippen molar-refractivity contribution in [1.29, 1.82) is 0 Å². The Bertz CT molecular complexity index is 634. The van der Waals surface area contributed by atoms with Crippen molar-refractivity contribution in [2.75, 3.05) is 39.6 Å². The van der Waals surface area contributed by atoms with E-state index in [1.807, 2.05) is 12.1 Å². The maximum Gasteiger partial charge on any atom is 0.231 e. The minimum Gasteiger partial charge on any atom is -0.454 e. The molecule has 26 heavy (non-hydrogen) atoms. The standard InChI is InChI=1S/C19H27N3O3.HI/c1-2-20-19(21-9-5-15-7-11-23-12-8-15)22-10-6-16-3-4-17-18(13-16)25-14-24-17;/h3-4,7,13H,2,5-6,8-12,14H2,1H3,(H2,20,21,22);1H. The lowest BCUT2D eigenvalue weighted by Gasteiger charge is -2.14. The molecule has 0 unspecified atom stereocenters. The average Bonchev–Trinajstić information content (AvgIpc) is 3.10. The number of hydrogen-bond acceptors (Lipinski definition) is 4. The molecule has 3 rings (SSSR count). The van der Waals surface area contributed by atoms with Gasteiger partial charge in [0, 0.05) is 19.6 Å². The second-order valence-electron chi connectivity index (χ2n) is 6.06. The van der Waals surface area contributed by atoms with E-state index in [4.69, 9.17) is 14.2 Å². The van der Waals surface area contributed by atoms with Gasteiger partial charge < -0.3 is 24.8 Å². The molecule has 2 heterocycles. The molecule has 0 saturated heterocycles. The molecule has 1 aromatic carbocycles. The number of ether oxygens (including phenoxy) is 3. The Hall–Kier alpha value is -1.48. The van der Waals surface area contributed by atoms with Gasteiger partial charge in [0.25, 0.3) is 0 Å². The zero-order valence-electron chi connectivity index (χ0n) is 15.3. The molecule has 0 atom stereocenters. The highest BCUT2D eigenvalue weighted by Gasteiger charge is 2.13. The van der Waals surface area contributed by atoms with Crippen LogP contribution in [0.2, 0.25) is 0 Å². The number of guanidine groups is 1. The van der Waals surface area contributed by atoms with Gasteiger partial charge in [-0.3, -0.25) is 4.99 Å². The lowest BCUT2D eigenvalue weighted by Crippen LogP contribution is -2.38. The van der Waals surface area contributed by atoms with E-state index in [0.717, 1.165) is 69.6 Å². The first kappa shape index (κ1) is 20.8. The Morgan fingerprint density at radius 2 is 2.04 bits per heavy atom. The molecule has 6 nitrogen and oxygen atoms in total. The average molecular weight is 473 g/mol. The Kier molecular flexibility index (Phi) is 9.04. The molecular formula is C19H28IN3O3. The van der Waals surface area contributed by atoms with E-state index in [2.05, 4.69) is 34.7 Å². The van der Waals surface area contributed by atoms with Crippen LogP contribution in [-0.2, 0) is 11.2 Å². The molecule has 0 saturated carbocycles. The fraction of sp³-hybridized carbons (Fsp3) is 0.526. The first-order valence-electron chi connectivity index (χ1n) is 9.01. The van der Waals surface area contributed by atoms with Gasteiger partial charge >= 0.3 is 0 Å². The maximum absolute atomic E-state index is 5.42. The lowest BCUT2D eigenvalue weighted by molar-refractivity contribution is 0.153. The van der Waals surface area contributed by atoms with Gasteiger partial charge in [0.05, 0.1) is 13.2 Å². The van der Waals surface area contributed by atoms with E-state index >= 15 is 0 Å². The van der Waals surface area contributed by atoms with Gasteiger partial charge in [-0.15, -0.1) is 24.0 Å².